The predicted molar refractivity (Wildman–Crippen MR) is 111 cm³/mol. The highest BCUT2D eigenvalue weighted by Crippen LogP contribution is 2.29. The van der Waals surface area contributed by atoms with Crippen molar-refractivity contribution in [3.05, 3.63) is 59.7 Å². The molecule has 1 atom stereocenters. The van der Waals surface area contributed by atoms with E-state index in [0.717, 1.165) is 16.3 Å². The monoisotopic (exact) mass is 424 g/mol. The topological polar surface area (TPSA) is 100 Å². The average Bonchev–Trinajstić information content (AvgIpc) is 2.90. The number of imide groups is 1. The fourth-order valence-corrected chi connectivity index (χ4v) is 3.74. The fourth-order valence-electron chi connectivity index (χ4n) is 3.74. The molecule has 0 saturated carbocycles. The van der Waals surface area contributed by atoms with Gasteiger partial charge >= 0.3 is 6.03 Å². The lowest BCUT2D eigenvalue weighted by molar-refractivity contribution is -0.139. The van der Waals surface area contributed by atoms with Crippen LogP contribution in [0.15, 0.2) is 48.5 Å². The second-order valence-corrected chi connectivity index (χ2v) is 7.63. The molecule has 2 aromatic rings. The Hall–Kier alpha value is -3.59. The third kappa shape index (κ3) is 4.04. The number of amides is 4. The summed E-state index contributed by atoms with van der Waals surface area (Å²) in [5.74, 6) is 0.425. The highest BCUT2D eigenvalue weighted by Gasteiger charge is 2.50. The molecular weight excluding hydrogens is 400 g/mol. The van der Waals surface area contributed by atoms with Gasteiger partial charge in [-0.05, 0) is 30.7 Å². The molecule has 0 aliphatic carbocycles. The minimum atomic E-state index is -1.29. The van der Waals surface area contributed by atoms with Crippen LogP contribution in [0.25, 0.3) is 0 Å². The van der Waals surface area contributed by atoms with Crippen molar-refractivity contribution < 1.29 is 23.9 Å². The summed E-state index contributed by atoms with van der Waals surface area (Å²) in [5, 5.41) is 3.41. The summed E-state index contributed by atoms with van der Waals surface area (Å²) in [4.78, 5) is 40.0. The Labute approximate surface area is 179 Å². The van der Waals surface area contributed by atoms with Gasteiger partial charge in [-0.2, -0.15) is 5.01 Å². The molecule has 2 N–H and O–H groups in total. The molecule has 1 saturated heterocycles. The van der Waals surface area contributed by atoms with Crippen LogP contribution in [-0.2, 0) is 21.7 Å². The van der Waals surface area contributed by atoms with Crippen LogP contribution in [0.4, 0.5) is 4.79 Å². The van der Waals surface area contributed by atoms with Gasteiger partial charge in [0.25, 0.3) is 11.8 Å². The van der Waals surface area contributed by atoms with Crippen LogP contribution >= 0.6 is 0 Å². The number of hydrazine groups is 1. The normalized spacial score (nSPS) is 21.0. The molecular formula is C22H24N4O5. The molecule has 9 nitrogen and oxygen atoms in total. The Bertz CT molecular complexity index is 1010. The summed E-state index contributed by atoms with van der Waals surface area (Å²) in [5.41, 5.74) is 2.73. The number of benzene rings is 2. The summed E-state index contributed by atoms with van der Waals surface area (Å²) in [6, 6.07) is 13.8. The first kappa shape index (κ1) is 20.7. The lowest BCUT2D eigenvalue weighted by atomic mass is 9.92. The highest BCUT2D eigenvalue weighted by atomic mass is 16.5. The first-order valence-electron chi connectivity index (χ1n) is 9.94. The van der Waals surface area contributed by atoms with Crippen molar-refractivity contribution in [2.24, 2.45) is 0 Å². The molecule has 2 aliphatic heterocycles. The van der Waals surface area contributed by atoms with Gasteiger partial charge in [0.05, 0.1) is 13.7 Å². The number of carbonyl (C=O) groups is 3. The standard InChI is InChI=1S/C22H24N4O5/c1-22(16-7-9-17(30-2)10-8-16)20(28)26(21(29)23-22)24-19(27)14-25-11-12-31-18-6-4-3-5-15(18)13-25/h3-10H,11-14H2,1-2H3,(H,23,29)(H,24,27). The third-order valence-electron chi connectivity index (χ3n) is 5.49. The fraction of sp³-hybridized carbons (Fsp3) is 0.318. The quantitative estimate of drug-likeness (QED) is 0.704. The van der Waals surface area contributed by atoms with Gasteiger partial charge in [0.2, 0.25) is 0 Å². The lowest BCUT2D eigenvalue weighted by Crippen LogP contribution is -2.50. The molecule has 0 aromatic heterocycles. The van der Waals surface area contributed by atoms with E-state index in [0.29, 0.717) is 31.0 Å². The Morgan fingerprint density at radius 3 is 2.68 bits per heavy atom. The largest absolute Gasteiger partial charge is 0.497 e. The SMILES string of the molecule is COc1ccc(C2(C)NC(=O)N(NC(=O)CN3CCOc4ccccc4C3)C2=O)cc1. The van der Waals surface area contributed by atoms with Gasteiger partial charge in [-0.15, -0.1) is 0 Å². The van der Waals surface area contributed by atoms with E-state index in [4.69, 9.17) is 9.47 Å². The van der Waals surface area contributed by atoms with Crippen LogP contribution < -0.4 is 20.2 Å². The van der Waals surface area contributed by atoms with Crippen molar-refractivity contribution in [2.75, 3.05) is 26.8 Å². The number of para-hydroxylation sites is 1. The van der Waals surface area contributed by atoms with Crippen LogP contribution in [0, 0.1) is 0 Å². The zero-order chi connectivity index (χ0) is 22.0. The predicted octanol–water partition coefficient (Wildman–Crippen LogP) is 1.39. The number of urea groups is 1. The van der Waals surface area contributed by atoms with Crippen LogP contribution in [0.2, 0.25) is 0 Å². The second kappa shape index (κ2) is 8.27. The minimum absolute atomic E-state index is 0.0218. The van der Waals surface area contributed by atoms with Crippen molar-refractivity contribution in [3.63, 3.8) is 0 Å². The van der Waals surface area contributed by atoms with Crippen molar-refractivity contribution in [1.29, 1.82) is 0 Å². The summed E-state index contributed by atoms with van der Waals surface area (Å²) in [7, 11) is 1.55. The molecule has 4 amide bonds. The van der Waals surface area contributed by atoms with Crippen LogP contribution in [0.1, 0.15) is 18.1 Å². The lowest BCUT2D eigenvalue weighted by Gasteiger charge is -2.23. The zero-order valence-electron chi connectivity index (χ0n) is 17.4. The second-order valence-electron chi connectivity index (χ2n) is 7.63. The Balaban J connectivity index is 1.42. The minimum Gasteiger partial charge on any atom is -0.497 e. The van der Waals surface area contributed by atoms with Crippen molar-refractivity contribution in [2.45, 2.75) is 19.0 Å². The van der Waals surface area contributed by atoms with Crippen molar-refractivity contribution in [1.82, 2.24) is 20.7 Å². The van der Waals surface area contributed by atoms with E-state index < -0.39 is 23.4 Å². The maximum absolute atomic E-state index is 13.0. The van der Waals surface area contributed by atoms with Crippen LogP contribution in [0.3, 0.4) is 0 Å². The molecule has 1 unspecified atom stereocenters. The molecule has 1 fully saturated rings. The number of fused-ring (bicyclic) bond motifs is 1. The Morgan fingerprint density at radius 2 is 1.94 bits per heavy atom. The summed E-state index contributed by atoms with van der Waals surface area (Å²) >= 11 is 0. The summed E-state index contributed by atoms with van der Waals surface area (Å²) in [6.07, 6.45) is 0. The summed E-state index contributed by atoms with van der Waals surface area (Å²) < 4.78 is 10.8. The molecule has 9 heteroatoms. The number of methoxy groups -OCH3 is 1. The van der Waals surface area contributed by atoms with E-state index in [1.807, 2.05) is 29.2 Å². The van der Waals surface area contributed by atoms with E-state index >= 15 is 0 Å². The zero-order valence-corrected chi connectivity index (χ0v) is 17.4. The van der Waals surface area contributed by atoms with Crippen molar-refractivity contribution >= 4 is 17.8 Å². The van der Waals surface area contributed by atoms with E-state index in [1.165, 1.54) is 0 Å². The molecule has 2 aromatic carbocycles. The van der Waals surface area contributed by atoms with Gasteiger partial charge in [0, 0.05) is 18.7 Å². The Kier molecular flexibility index (Phi) is 5.51. The maximum Gasteiger partial charge on any atom is 0.344 e. The summed E-state index contributed by atoms with van der Waals surface area (Å²) in [6.45, 7) is 3.15. The number of ether oxygens (including phenoxy) is 2. The Morgan fingerprint density at radius 1 is 1.19 bits per heavy atom. The van der Waals surface area contributed by atoms with Crippen LogP contribution in [0.5, 0.6) is 11.5 Å². The first-order valence-corrected chi connectivity index (χ1v) is 9.94. The van der Waals surface area contributed by atoms with Gasteiger partial charge in [-0.25, -0.2) is 4.79 Å². The van der Waals surface area contributed by atoms with E-state index in [-0.39, 0.29) is 6.54 Å². The van der Waals surface area contributed by atoms with Crippen molar-refractivity contribution in [3.8, 4) is 11.5 Å². The van der Waals surface area contributed by atoms with Gasteiger partial charge in [-0.3, -0.25) is 19.9 Å². The molecule has 162 valence electrons. The number of rotatable bonds is 5. The average molecular weight is 424 g/mol. The molecule has 31 heavy (non-hydrogen) atoms. The van der Waals surface area contributed by atoms with Gasteiger partial charge in [0.15, 0.2) is 0 Å². The highest BCUT2D eigenvalue weighted by molar-refractivity contribution is 6.08. The van der Waals surface area contributed by atoms with E-state index in [9.17, 15) is 14.4 Å². The number of nitrogens with zero attached hydrogens (tertiary/aromatic N) is 2. The molecule has 2 heterocycles. The molecule has 2 aliphatic rings. The van der Waals surface area contributed by atoms with Gasteiger partial charge in [-0.1, -0.05) is 30.3 Å². The number of nitrogens with one attached hydrogen (secondary N) is 2. The maximum atomic E-state index is 13.0. The number of hydrogen-bond donors (Lipinski definition) is 2. The van der Waals surface area contributed by atoms with Crippen LogP contribution in [-0.4, -0.2) is 54.6 Å². The van der Waals surface area contributed by atoms with Gasteiger partial charge < -0.3 is 14.8 Å². The molecule has 0 radical (unpaired) electrons. The first-order chi connectivity index (χ1) is 14.9. The van der Waals surface area contributed by atoms with E-state index in [1.54, 1.807) is 38.3 Å². The number of carbonyl (C=O) groups excluding carboxylic acids is 3. The van der Waals surface area contributed by atoms with E-state index in [2.05, 4.69) is 10.7 Å². The smallest absolute Gasteiger partial charge is 0.344 e. The number of hydrogen-bond acceptors (Lipinski definition) is 6. The molecule has 0 bridgehead atoms. The third-order valence-corrected chi connectivity index (χ3v) is 5.49. The molecule has 4 rings (SSSR count). The van der Waals surface area contributed by atoms with Gasteiger partial charge in [0.1, 0.15) is 23.6 Å². The molecule has 0 spiro atoms.